The lowest BCUT2D eigenvalue weighted by Crippen LogP contribution is -3.14. The Morgan fingerprint density at radius 3 is 2.42 bits per heavy atom. The number of ether oxygens (including phenoxy) is 2. The number of hydrogen-bond donors (Lipinski definition) is 2. The van der Waals surface area contributed by atoms with Crippen molar-refractivity contribution in [1.29, 1.82) is 0 Å². The highest BCUT2D eigenvalue weighted by Gasteiger charge is 2.36. The highest BCUT2D eigenvalue weighted by molar-refractivity contribution is 5.49. The van der Waals surface area contributed by atoms with E-state index in [0.717, 1.165) is 31.0 Å². The molecule has 0 amide bonds. The SMILES string of the molecule is COc1cc2c(cc1OC)[C@@H]([C@@H](C)[NH3+])[NH+](Cc1ccccc1)CC2. The predicted octanol–water partition coefficient (Wildman–Crippen LogP) is 1.02. The summed E-state index contributed by atoms with van der Waals surface area (Å²) < 4.78 is 11.0. The van der Waals surface area contributed by atoms with Gasteiger partial charge in [-0.1, -0.05) is 30.3 Å². The number of nitrogens with one attached hydrogen (secondary N) is 1. The van der Waals surface area contributed by atoms with Gasteiger partial charge in [0.1, 0.15) is 12.6 Å². The first kappa shape index (κ1) is 16.8. The van der Waals surface area contributed by atoms with Crippen LogP contribution in [0.3, 0.4) is 0 Å². The summed E-state index contributed by atoms with van der Waals surface area (Å²) in [5.74, 6) is 1.63. The van der Waals surface area contributed by atoms with Crippen molar-refractivity contribution in [3.8, 4) is 11.5 Å². The van der Waals surface area contributed by atoms with E-state index in [9.17, 15) is 0 Å². The molecule has 0 bridgehead atoms. The molecule has 0 saturated carbocycles. The second-order valence-corrected chi connectivity index (χ2v) is 6.68. The Morgan fingerprint density at radius 2 is 1.79 bits per heavy atom. The molecule has 3 atom stereocenters. The van der Waals surface area contributed by atoms with Crippen molar-refractivity contribution in [1.82, 2.24) is 0 Å². The molecule has 0 spiro atoms. The van der Waals surface area contributed by atoms with E-state index < -0.39 is 0 Å². The molecule has 0 aliphatic carbocycles. The Kier molecular flexibility index (Phi) is 5.07. The number of benzene rings is 2. The summed E-state index contributed by atoms with van der Waals surface area (Å²) in [6, 6.07) is 15.7. The molecule has 4 nitrogen and oxygen atoms in total. The van der Waals surface area contributed by atoms with Gasteiger partial charge in [0, 0.05) is 17.5 Å². The Balaban J connectivity index is 1.96. The Labute approximate surface area is 144 Å². The van der Waals surface area contributed by atoms with Crippen molar-refractivity contribution in [2.45, 2.75) is 32.0 Å². The monoisotopic (exact) mass is 328 g/mol. The van der Waals surface area contributed by atoms with E-state index in [0.29, 0.717) is 12.1 Å². The van der Waals surface area contributed by atoms with Gasteiger partial charge in [-0.3, -0.25) is 0 Å². The summed E-state index contributed by atoms with van der Waals surface area (Å²) in [6.45, 7) is 4.35. The maximum atomic E-state index is 5.53. The minimum atomic E-state index is 0.320. The largest absolute Gasteiger partial charge is 0.493 e. The van der Waals surface area contributed by atoms with Gasteiger partial charge >= 0.3 is 0 Å². The van der Waals surface area contributed by atoms with Crippen LogP contribution < -0.4 is 20.1 Å². The van der Waals surface area contributed by atoms with Crippen molar-refractivity contribution in [2.24, 2.45) is 0 Å². The topological polar surface area (TPSA) is 50.5 Å². The molecule has 0 radical (unpaired) electrons. The average Bonchev–Trinajstić information content (AvgIpc) is 2.60. The van der Waals surface area contributed by atoms with E-state index in [-0.39, 0.29) is 0 Å². The Bertz CT molecular complexity index is 686. The fraction of sp³-hybridized carbons (Fsp3) is 0.400. The second kappa shape index (κ2) is 7.24. The van der Waals surface area contributed by atoms with Gasteiger partial charge in [0.25, 0.3) is 0 Å². The first-order valence-corrected chi connectivity index (χ1v) is 8.60. The van der Waals surface area contributed by atoms with Crippen LogP contribution in [0.1, 0.15) is 29.7 Å². The number of hydrogen-bond acceptors (Lipinski definition) is 2. The smallest absolute Gasteiger partial charge is 0.166 e. The standard InChI is InChI=1S/C20H26N2O2/c1-14(21)20-17-12-19(24-3)18(23-2)11-16(17)9-10-22(20)13-15-7-5-4-6-8-15/h4-8,11-12,14,20H,9-10,13,21H2,1-3H3/p+2/t14-,20-/m1/s1. The summed E-state index contributed by atoms with van der Waals surface area (Å²) in [4.78, 5) is 1.57. The third-order valence-corrected chi connectivity index (χ3v) is 4.98. The molecule has 1 aliphatic heterocycles. The van der Waals surface area contributed by atoms with Gasteiger partial charge in [0.2, 0.25) is 0 Å². The summed E-state index contributed by atoms with van der Waals surface area (Å²) in [6.07, 6.45) is 1.06. The van der Waals surface area contributed by atoms with Crippen LogP contribution in [-0.4, -0.2) is 26.8 Å². The van der Waals surface area contributed by atoms with Crippen LogP contribution in [0.25, 0.3) is 0 Å². The summed E-state index contributed by atoms with van der Waals surface area (Å²) in [7, 11) is 3.39. The molecule has 0 fully saturated rings. The van der Waals surface area contributed by atoms with Crippen LogP contribution in [0.15, 0.2) is 42.5 Å². The molecule has 2 aromatic carbocycles. The molecule has 1 heterocycles. The van der Waals surface area contributed by atoms with Crippen LogP contribution in [0.5, 0.6) is 11.5 Å². The first-order chi connectivity index (χ1) is 11.6. The molecule has 128 valence electrons. The lowest BCUT2D eigenvalue weighted by molar-refractivity contribution is -0.957. The molecule has 0 saturated heterocycles. The Morgan fingerprint density at radius 1 is 1.12 bits per heavy atom. The molecule has 1 aliphatic rings. The van der Waals surface area contributed by atoms with E-state index in [1.165, 1.54) is 16.7 Å². The maximum absolute atomic E-state index is 5.53. The molecule has 3 rings (SSSR count). The summed E-state index contributed by atoms with van der Waals surface area (Å²) >= 11 is 0. The van der Waals surface area contributed by atoms with E-state index in [2.05, 4.69) is 55.1 Å². The zero-order chi connectivity index (χ0) is 17.1. The molecule has 1 unspecified atom stereocenters. The van der Waals surface area contributed by atoms with Crippen LogP contribution in [0.2, 0.25) is 0 Å². The van der Waals surface area contributed by atoms with Gasteiger partial charge < -0.3 is 20.1 Å². The van der Waals surface area contributed by atoms with Gasteiger partial charge in [-0.15, -0.1) is 0 Å². The van der Waals surface area contributed by atoms with Crippen molar-refractivity contribution < 1.29 is 20.1 Å². The van der Waals surface area contributed by atoms with Crippen molar-refractivity contribution in [3.63, 3.8) is 0 Å². The van der Waals surface area contributed by atoms with E-state index in [1.54, 1.807) is 19.1 Å². The van der Waals surface area contributed by atoms with Crippen LogP contribution in [-0.2, 0) is 13.0 Å². The van der Waals surface area contributed by atoms with Crippen LogP contribution >= 0.6 is 0 Å². The van der Waals surface area contributed by atoms with E-state index in [1.807, 2.05) is 0 Å². The summed E-state index contributed by atoms with van der Waals surface area (Å²) in [5.41, 5.74) is 8.45. The fourth-order valence-electron chi connectivity index (χ4n) is 3.88. The van der Waals surface area contributed by atoms with Gasteiger partial charge in [-0.25, -0.2) is 0 Å². The van der Waals surface area contributed by atoms with Crippen molar-refractivity contribution in [3.05, 3.63) is 59.2 Å². The second-order valence-electron chi connectivity index (χ2n) is 6.68. The van der Waals surface area contributed by atoms with Crippen molar-refractivity contribution in [2.75, 3.05) is 20.8 Å². The minimum Gasteiger partial charge on any atom is -0.493 e. The van der Waals surface area contributed by atoms with Gasteiger partial charge in [-0.2, -0.15) is 0 Å². The van der Waals surface area contributed by atoms with Crippen LogP contribution in [0.4, 0.5) is 0 Å². The van der Waals surface area contributed by atoms with Crippen LogP contribution in [0, 0.1) is 0 Å². The zero-order valence-electron chi connectivity index (χ0n) is 14.8. The maximum Gasteiger partial charge on any atom is 0.166 e. The van der Waals surface area contributed by atoms with E-state index >= 15 is 0 Å². The highest BCUT2D eigenvalue weighted by atomic mass is 16.5. The van der Waals surface area contributed by atoms with Gasteiger partial charge in [0.05, 0.1) is 20.8 Å². The van der Waals surface area contributed by atoms with Gasteiger partial charge in [0.15, 0.2) is 17.5 Å². The molecule has 0 aromatic heterocycles. The third-order valence-electron chi connectivity index (χ3n) is 4.98. The number of methoxy groups -OCH3 is 2. The Hall–Kier alpha value is -2.04. The van der Waals surface area contributed by atoms with E-state index in [4.69, 9.17) is 9.47 Å². The average molecular weight is 328 g/mol. The predicted molar refractivity (Wildman–Crippen MR) is 94.3 cm³/mol. The number of rotatable bonds is 5. The molecule has 4 N–H and O–H groups in total. The minimum absolute atomic E-state index is 0.320. The highest BCUT2D eigenvalue weighted by Crippen LogP contribution is 2.34. The quantitative estimate of drug-likeness (QED) is 0.861. The van der Waals surface area contributed by atoms with Gasteiger partial charge in [-0.05, 0) is 24.6 Å². The molecule has 4 heteroatoms. The number of fused-ring (bicyclic) bond motifs is 1. The fourth-order valence-corrected chi connectivity index (χ4v) is 3.88. The number of quaternary nitrogens is 2. The first-order valence-electron chi connectivity index (χ1n) is 8.60. The lowest BCUT2D eigenvalue weighted by atomic mass is 9.88. The molecular weight excluding hydrogens is 300 g/mol. The normalized spacial score (nSPS) is 21.0. The van der Waals surface area contributed by atoms with Crippen molar-refractivity contribution >= 4 is 0 Å². The third kappa shape index (κ3) is 3.25. The molecular formula is C20H28N2O2+2. The lowest BCUT2D eigenvalue weighted by Gasteiger charge is -2.35. The molecule has 2 aromatic rings. The summed E-state index contributed by atoms with van der Waals surface area (Å²) in [5, 5.41) is 0. The zero-order valence-corrected chi connectivity index (χ0v) is 14.8. The molecule has 24 heavy (non-hydrogen) atoms.